The van der Waals surface area contributed by atoms with Crippen LogP contribution in [0.3, 0.4) is 0 Å². The Labute approximate surface area is 89.1 Å². The lowest BCUT2D eigenvalue weighted by molar-refractivity contribution is -0.116. The zero-order chi connectivity index (χ0) is 10.8. The topological polar surface area (TPSA) is 110 Å². The largest absolute Gasteiger partial charge is 0.368 e. The van der Waals surface area contributed by atoms with Crippen LogP contribution in [0.4, 0.5) is 5.82 Å². The number of anilines is 1. The third-order valence-corrected chi connectivity index (χ3v) is 1.86. The molecule has 7 nitrogen and oxygen atoms in total. The minimum atomic E-state index is -0.489. The molecule has 0 aromatic carbocycles. The van der Waals surface area contributed by atoms with Crippen molar-refractivity contribution in [3.8, 4) is 0 Å². The molecule has 0 radical (unpaired) electrons. The van der Waals surface area contributed by atoms with Crippen LogP contribution in [0, 0.1) is 0 Å². The van der Waals surface area contributed by atoms with Gasteiger partial charge in [0, 0.05) is 0 Å². The van der Waals surface area contributed by atoms with E-state index in [4.69, 9.17) is 17.3 Å². The second-order valence-corrected chi connectivity index (χ2v) is 3.10. The molecule has 0 saturated heterocycles. The summed E-state index contributed by atoms with van der Waals surface area (Å²) in [6.45, 7) is -0.0263. The highest BCUT2D eigenvalue weighted by molar-refractivity contribution is 6.28. The van der Waals surface area contributed by atoms with E-state index in [1.807, 2.05) is 0 Å². The Kier molecular flexibility index (Phi) is 2.38. The second kappa shape index (κ2) is 3.70. The summed E-state index contributed by atoms with van der Waals surface area (Å²) in [6.07, 6.45) is 1.46. The van der Waals surface area contributed by atoms with Gasteiger partial charge in [-0.05, 0) is 11.6 Å². The van der Waals surface area contributed by atoms with Gasteiger partial charge < -0.3 is 16.0 Å². The van der Waals surface area contributed by atoms with Gasteiger partial charge in [-0.15, -0.1) is 0 Å². The van der Waals surface area contributed by atoms with E-state index in [0.717, 1.165) is 0 Å². The number of carbonyl (C=O) groups excluding carboxylic acids is 1. The van der Waals surface area contributed by atoms with Crippen LogP contribution in [0.15, 0.2) is 6.33 Å². The third-order valence-electron chi connectivity index (χ3n) is 1.69. The van der Waals surface area contributed by atoms with Crippen LogP contribution in [-0.4, -0.2) is 32.4 Å². The number of fused-ring (bicyclic) bond motifs is 1. The van der Waals surface area contributed by atoms with E-state index in [9.17, 15) is 4.79 Å². The Hall–Kier alpha value is -1.89. The van der Waals surface area contributed by atoms with Crippen molar-refractivity contribution in [1.29, 1.82) is 0 Å². The Morgan fingerprint density at radius 1 is 1.60 bits per heavy atom. The second-order valence-electron chi connectivity index (χ2n) is 2.76. The highest BCUT2D eigenvalue weighted by Crippen LogP contribution is 2.17. The number of aromatic nitrogens is 4. The van der Waals surface area contributed by atoms with Gasteiger partial charge in [-0.1, -0.05) is 0 Å². The molecule has 0 spiro atoms. The number of imidazole rings is 1. The lowest BCUT2D eigenvalue weighted by Gasteiger charge is -2.03. The van der Waals surface area contributed by atoms with Gasteiger partial charge in [0.05, 0.1) is 12.9 Å². The first-order valence-corrected chi connectivity index (χ1v) is 4.43. The number of amides is 1. The van der Waals surface area contributed by atoms with Crippen LogP contribution >= 0.6 is 11.6 Å². The molecule has 0 aliphatic heterocycles. The average molecular weight is 227 g/mol. The number of H-pyrrole nitrogens is 1. The summed E-state index contributed by atoms with van der Waals surface area (Å²) >= 11 is 5.66. The highest BCUT2D eigenvalue weighted by Gasteiger charge is 2.08. The molecule has 2 rings (SSSR count). The molecule has 0 aliphatic rings. The van der Waals surface area contributed by atoms with E-state index < -0.39 is 5.91 Å². The van der Waals surface area contributed by atoms with Gasteiger partial charge >= 0.3 is 0 Å². The standard InChI is InChI=1S/C7H7ClN6O/c8-7-13-5(10-1-3(9)15)4-6(14-7)12-2-11-4/h2H,1H2,(H2,9,15)(H2,10,11,12,13,14). The van der Waals surface area contributed by atoms with Crippen molar-refractivity contribution in [2.24, 2.45) is 5.73 Å². The number of nitrogens with zero attached hydrogens (tertiary/aromatic N) is 3. The predicted octanol–water partition coefficient (Wildman–Crippen LogP) is -0.0965. The Balaban J connectivity index is 2.39. The molecule has 15 heavy (non-hydrogen) atoms. The zero-order valence-corrected chi connectivity index (χ0v) is 8.25. The number of carbonyl (C=O) groups is 1. The molecule has 0 unspecified atom stereocenters. The molecule has 78 valence electrons. The lowest BCUT2D eigenvalue weighted by Crippen LogP contribution is -2.22. The molecule has 0 bridgehead atoms. The monoisotopic (exact) mass is 226 g/mol. The van der Waals surface area contributed by atoms with E-state index in [-0.39, 0.29) is 11.8 Å². The molecular weight excluding hydrogens is 220 g/mol. The Morgan fingerprint density at radius 2 is 2.40 bits per heavy atom. The summed E-state index contributed by atoms with van der Waals surface area (Å²) in [6, 6.07) is 0. The zero-order valence-electron chi connectivity index (χ0n) is 7.49. The molecule has 4 N–H and O–H groups in total. The van der Waals surface area contributed by atoms with E-state index in [0.29, 0.717) is 17.0 Å². The number of rotatable bonds is 3. The minimum absolute atomic E-state index is 0.0263. The first-order chi connectivity index (χ1) is 7.16. The van der Waals surface area contributed by atoms with Crippen LogP contribution < -0.4 is 11.1 Å². The molecule has 2 aromatic heterocycles. The van der Waals surface area contributed by atoms with Crippen LogP contribution in [0.2, 0.25) is 5.28 Å². The van der Waals surface area contributed by atoms with Gasteiger partial charge in [-0.2, -0.15) is 9.97 Å². The quantitative estimate of drug-likeness (QED) is 0.634. The van der Waals surface area contributed by atoms with Crippen molar-refractivity contribution in [1.82, 2.24) is 19.9 Å². The average Bonchev–Trinajstić information content (AvgIpc) is 2.61. The van der Waals surface area contributed by atoms with Crippen molar-refractivity contribution in [3.05, 3.63) is 11.6 Å². The normalized spacial score (nSPS) is 10.5. The lowest BCUT2D eigenvalue weighted by atomic mass is 10.5. The predicted molar refractivity (Wildman–Crippen MR) is 54.4 cm³/mol. The number of nitrogens with two attached hydrogens (primary N) is 1. The van der Waals surface area contributed by atoms with Crippen molar-refractivity contribution < 1.29 is 4.79 Å². The van der Waals surface area contributed by atoms with Crippen LogP contribution in [0.5, 0.6) is 0 Å². The number of halogens is 1. The van der Waals surface area contributed by atoms with Gasteiger partial charge in [0.1, 0.15) is 5.52 Å². The van der Waals surface area contributed by atoms with Gasteiger partial charge in [-0.25, -0.2) is 4.98 Å². The van der Waals surface area contributed by atoms with Crippen molar-refractivity contribution in [2.45, 2.75) is 0 Å². The fourth-order valence-electron chi connectivity index (χ4n) is 1.11. The molecule has 8 heteroatoms. The van der Waals surface area contributed by atoms with E-state index in [2.05, 4.69) is 25.3 Å². The maximum Gasteiger partial charge on any atom is 0.236 e. The molecular formula is C7H7ClN6O. The fraction of sp³-hybridized carbons (Fsp3) is 0.143. The number of nitrogens with one attached hydrogen (secondary N) is 2. The summed E-state index contributed by atoms with van der Waals surface area (Å²) in [4.78, 5) is 25.1. The number of hydrogen-bond acceptors (Lipinski definition) is 5. The summed E-state index contributed by atoms with van der Waals surface area (Å²) in [5.74, 6) is -0.0845. The molecule has 0 fully saturated rings. The number of hydrogen-bond donors (Lipinski definition) is 3. The Bertz CT molecular complexity index is 509. The maximum absolute atomic E-state index is 10.6. The SMILES string of the molecule is NC(=O)CNc1nc(Cl)nc2nc[nH]c12. The summed E-state index contributed by atoms with van der Waals surface area (Å²) < 4.78 is 0. The van der Waals surface area contributed by atoms with Crippen LogP contribution in [-0.2, 0) is 4.79 Å². The van der Waals surface area contributed by atoms with E-state index in [1.54, 1.807) is 0 Å². The first kappa shape index (κ1) is 9.66. The summed E-state index contributed by atoms with van der Waals surface area (Å²) in [7, 11) is 0. The van der Waals surface area contributed by atoms with Crippen LogP contribution in [0.1, 0.15) is 0 Å². The molecule has 0 atom stereocenters. The van der Waals surface area contributed by atoms with E-state index in [1.165, 1.54) is 6.33 Å². The molecule has 2 aromatic rings. The minimum Gasteiger partial charge on any atom is -0.368 e. The smallest absolute Gasteiger partial charge is 0.236 e. The van der Waals surface area contributed by atoms with E-state index >= 15 is 0 Å². The van der Waals surface area contributed by atoms with Gasteiger partial charge in [0.15, 0.2) is 11.5 Å². The first-order valence-electron chi connectivity index (χ1n) is 4.05. The maximum atomic E-state index is 10.6. The number of primary amides is 1. The van der Waals surface area contributed by atoms with Crippen molar-refractivity contribution in [2.75, 3.05) is 11.9 Å². The van der Waals surface area contributed by atoms with Gasteiger partial charge in [0.25, 0.3) is 0 Å². The summed E-state index contributed by atoms with van der Waals surface area (Å²) in [5, 5.41) is 2.79. The highest BCUT2D eigenvalue weighted by atomic mass is 35.5. The van der Waals surface area contributed by atoms with Crippen molar-refractivity contribution in [3.63, 3.8) is 0 Å². The summed E-state index contributed by atoms with van der Waals surface area (Å²) in [5.41, 5.74) is 6.01. The van der Waals surface area contributed by atoms with Crippen molar-refractivity contribution >= 4 is 34.5 Å². The van der Waals surface area contributed by atoms with Gasteiger partial charge in [-0.3, -0.25) is 4.79 Å². The number of aromatic amines is 1. The molecule has 0 aliphatic carbocycles. The van der Waals surface area contributed by atoms with Gasteiger partial charge in [0.2, 0.25) is 11.2 Å². The fourth-order valence-corrected chi connectivity index (χ4v) is 1.27. The molecule has 1 amide bonds. The third kappa shape index (κ3) is 1.96. The molecule has 2 heterocycles. The van der Waals surface area contributed by atoms with Crippen LogP contribution in [0.25, 0.3) is 11.2 Å². The Morgan fingerprint density at radius 3 is 3.13 bits per heavy atom. The molecule has 0 saturated carbocycles.